The Kier molecular flexibility index (Phi) is 4.81. The van der Waals surface area contributed by atoms with Gasteiger partial charge < -0.3 is 19.5 Å². The molecule has 2 aromatic rings. The molecule has 1 aromatic carbocycles. The van der Waals surface area contributed by atoms with E-state index in [-0.39, 0.29) is 0 Å². The second kappa shape index (κ2) is 6.58. The Morgan fingerprint density at radius 2 is 2.15 bits per heavy atom. The van der Waals surface area contributed by atoms with E-state index in [1.54, 1.807) is 12.0 Å². The lowest BCUT2D eigenvalue weighted by atomic mass is 10.2. The number of aromatic nitrogens is 2. The largest absolute Gasteiger partial charge is 0.496 e. The lowest BCUT2D eigenvalue weighted by molar-refractivity contribution is 0.365. The third-order valence-corrected chi connectivity index (χ3v) is 3.09. The summed E-state index contributed by atoms with van der Waals surface area (Å²) in [5, 5.41) is 7.71. The molecule has 0 amide bonds. The van der Waals surface area contributed by atoms with Crippen LogP contribution in [0.15, 0.2) is 22.7 Å². The summed E-state index contributed by atoms with van der Waals surface area (Å²) in [6.45, 7) is 1.03. The van der Waals surface area contributed by atoms with Gasteiger partial charge in [0, 0.05) is 31.2 Å². The number of nitrogens with zero attached hydrogens (tertiary/aromatic N) is 3. The highest BCUT2D eigenvalue weighted by atomic mass is 35.5. The first-order valence-corrected chi connectivity index (χ1v) is 6.51. The van der Waals surface area contributed by atoms with E-state index in [9.17, 15) is 0 Å². The fourth-order valence-corrected chi connectivity index (χ4v) is 1.93. The quantitative estimate of drug-likeness (QED) is 0.880. The van der Waals surface area contributed by atoms with Crippen LogP contribution in [0.1, 0.15) is 11.5 Å². The van der Waals surface area contributed by atoms with E-state index in [0.29, 0.717) is 30.0 Å². The molecule has 0 aliphatic carbocycles. The van der Waals surface area contributed by atoms with E-state index in [4.69, 9.17) is 20.9 Å². The van der Waals surface area contributed by atoms with Crippen molar-refractivity contribution in [1.29, 1.82) is 0 Å². The number of hydrogen-bond acceptors (Lipinski definition) is 6. The second-order valence-electron chi connectivity index (χ2n) is 4.41. The van der Waals surface area contributed by atoms with E-state index in [0.717, 1.165) is 11.3 Å². The highest BCUT2D eigenvalue weighted by Gasteiger charge is 2.10. The van der Waals surface area contributed by atoms with Crippen molar-refractivity contribution in [3.8, 4) is 5.75 Å². The Morgan fingerprint density at radius 3 is 2.80 bits per heavy atom. The second-order valence-corrected chi connectivity index (χ2v) is 4.81. The standard InChI is InChI=1S/C13H17ClN4O2/c1-18(2)13-16-12(20-17-13)8-15-7-9-10(14)5-4-6-11(9)19-3/h4-6,15H,7-8H2,1-3H3. The molecular weight excluding hydrogens is 280 g/mol. The van der Waals surface area contributed by atoms with Crippen LogP contribution in [0.3, 0.4) is 0 Å². The van der Waals surface area contributed by atoms with Gasteiger partial charge in [-0.05, 0) is 17.3 Å². The molecule has 0 aliphatic heterocycles. The molecule has 108 valence electrons. The molecule has 1 N–H and O–H groups in total. The first-order valence-electron chi connectivity index (χ1n) is 6.14. The molecular formula is C13H17ClN4O2. The van der Waals surface area contributed by atoms with Crippen LogP contribution in [-0.2, 0) is 13.1 Å². The summed E-state index contributed by atoms with van der Waals surface area (Å²) >= 11 is 6.16. The van der Waals surface area contributed by atoms with E-state index >= 15 is 0 Å². The lowest BCUT2D eigenvalue weighted by Crippen LogP contribution is -2.14. The van der Waals surface area contributed by atoms with Crippen LogP contribution >= 0.6 is 11.6 Å². The molecule has 20 heavy (non-hydrogen) atoms. The van der Waals surface area contributed by atoms with Crippen molar-refractivity contribution in [2.45, 2.75) is 13.1 Å². The zero-order valence-electron chi connectivity index (χ0n) is 11.7. The lowest BCUT2D eigenvalue weighted by Gasteiger charge is -2.10. The maximum Gasteiger partial charge on any atom is 0.265 e. The minimum Gasteiger partial charge on any atom is -0.496 e. The highest BCUT2D eigenvalue weighted by molar-refractivity contribution is 6.31. The fraction of sp³-hybridized carbons (Fsp3) is 0.385. The fourth-order valence-electron chi connectivity index (χ4n) is 1.70. The Bertz CT molecular complexity index is 571. The van der Waals surface area contributed by atoms with Gasteiger partial charge in [0.15, 0.2) is 0 Å². The number of ether oxygens (including phenoxy) is 1. The minimum atomic E-state index is 0.467. The van der Waals surface area contributed by atoms with Gasteiger partial charge in [-0.15, -0.1) is 0 Å². The third kappa shape index (κ3) is 3.40. The van der Waals surface area contributed by atoms with Crippen LogP contribution in [0.25, 0.3) is 0 Å². The number of methoxy groups -OCH3 is 1. The number of anilines is 1. The van der Waals surface area contributed by atoms with Crippen molar-refractivity contribution in [2.24, 2.45) is 0 Å². The van der Waals surface area contributed by atoms with Crippen molar-refractivity contribution in [2.75, 3.05) is 26.1 Å². The number of benzene rings is 1. The van der Waals surface area contributed by atoms with Gasteiger partial charge in [0.25, 0.3) is 5.95 Å². The first-order chi connectivity index (χ1) is 9.61. The molecule has 0 radical (unpaired) electrons. The zero-order chi connectivity index (χ0) is 14.5. The molecule has 0 unspecified atom stereocenters. The smallest absolute Gasteiger partial charge is 0.265 e. The summed E-state index contributed by atoms with van der Waals surface area (Å²) in [5.41, 5.74) is 0.906. The van der Waals surface area contributed by atoms with E-state index in [1.807, 2.05) is 32.3 Å². The number of rotatable bonds is 6. The van der Waals surface area contributed by atoms with Gasteiger partial charge in [-0.3, -0.25) is 0 Å². The Labute approximate surface area is 122 Å². The molecule has 1 heterocycles. The maximum atomic E-state index is 6.16. The monoisotopic (exact) mass is 296 g/mol. The molecule has 7 heteroatoms. The van der Waals surface area contributed by atoms with Crippen molar-refractivity contribution >= 4 is 17.5 Å². The van der Waals surface area contributed by atoms with E-state index < -0.39 is 0 Å². The molecule has 1 aromatic heterocycles. The van der Waals surface area contributed by atoms with Crippen LogP contribution in [0.2, 0.25) is 5.02 Å². The normalized spacial score (nSPS) is 10.6. The summed E-state index contributed by atoms with van der Waals surface area (Å²) in [4.78, 5) is 6.01. The molecule has 0 saturated heterocycles. The van der Waals surface area contributed by atoms with Crippen LogP contribution in [-0.4, -0.2) is 31.3 Å². The van der Waals surface area contributed by atoms with E-state index in [2.05, 4.69) is 15.5 Å². The Morgan fingerprint density at radius 1 is 1.35 bits per heavy atom. The predicted molar refractivity (Wildman–Crippen MR) is 77.2 cm³/mol. The summed E-state index contributed by atoms with van der Waals surface area (Å²) in [7, 11) is 5.34. The van der Waals surface area contributed by atoms with E-state index in [1.165, 1.54) is 0 Å². The SMILES string of the molecule is COc1cccc(Cl)c1CNCc1nc(N(C)C)no1. The Balaban J connectivity index is 1.95. The molecule has 0 bridgehead atoms. The topological polar surface area (TPSA) is 63.4 Å². The van der Waals surface area contributed by atoms with Crippen molar-refractivity contribution in [3.05, 3.63) is 34.7 Å². The molecule has 0 aliphatic rings. The maximum absolute atomic E-state index is 6.16. The minimum absolute atomic E-state index is 0.467. The summed E-state index contributed by atoms with van der Waals surface area (Å²) in [6, 6.07) is 5.56. The average Bonchev–Trinajstić information content (AvgIpc) is 2.89. The third-order valence-electron chi connectivity index (χ3n) is 2.73. The number of hydrogen-bond donors (Lipinski definition) is 1. The molecule has 2 rings (SSSR count). The molecule has 0 spiro atoms. The van der Waals surface area contributed by atoms with Gasteiger partial charge in [-0.25, -0.2) is 0 Å². The molecule has 0 fully saturated rings. The molecule has 6 nitrogen and oxygen atoms in total. The highest BCUT2D eigenvalue weighted by Crippen LogP contribution is 2.25. The van der Waals surface area contributed by atoms with Crippen molar-refractivity contribution in [1.82, 2.24) is 15.5 Å². The Hall–Kier alpha value is -1.79. The van der Waals surface area contributed by atoms with Gasteiger partial charge in [0.2, 0.25) is 5.89 Å². The first kappa shape index (κ1) is 14.6. The summed E-state index contributed by atoms with van der Waals surface area (Å²) in [5.74, 6) is 1.83. The van der Waals surface area contributed by atoms with Crippen molar-refractivity contribution < 1.29 is 9.26 Å². The van der Waals surface area contributed by atoms with Gasteiger partial charge in [-0.2, -0.15) is 4.98 Å². The van der Waals surface area contributed by atoms with Crippen LogP contribution < -0.4 is 15.0 Å². The molecule has 0 saturated carbocycles. The summed E-state index contributed by atoms with van der Waals surface area (Å²) < 4.78 is 10.4. The number of halogens is 1. The van der Waals surface area contributed by atoms with Crippen molar-refractivity contribution in [3.63, 3.8) is 0 Å². The van der Waals surface area contributed by atoms with Crippen LogP contribution in [0.4, 0.5) is 5.95 Å². The average molecular weight is 297 g/mol. The van der Waals surface area contributed by atoms with Gasteiger partial charge >= 0.3 is 0 Å². The van der Waals surface area contributed by atoms with Gasteiger partial charge in [0.1, 0.15) is 5.75 Å². The molecule has 0 atom stereocenters. The number of nitrogens with one attached hydrogen (secondary N) is 1. The summed E-state index contributed by atoms with van der Waals surface area (Å²) in [6.07, 6.45) is 0. The van der Waals surface area contributed by atoms with Crippen LogP contribution in [0, 0.1) is 0 Å². The van der Waals surface area contributed by atoms with Gasteiger partial charge in [0.05, 0.1) is 13.7 Å². The van der Waals surface area contributed by atoms with Gasteiger partial charge in [-0.1, -0.05) is 17.7 Å². The van der Waals surface area contributed by atoms with Crippen LogP contribution in [0.5, 0.6) is 5.75 Å². The predicted octanol–water partition coefficient (Wildman–Crippen LogP) is 2.09. The zero-order valence-corrected chi connectivity index (χ0v) is 12.4.